The molecule has 2 rings (SSSR count). The fraction of sp³-hybridized carbons (Fsp3) is 0.385. The first-order valence-electron chi connectivity index (χ1n) is 6.13. The maximum Gasteiger partial charge on any atom is 0.335 e. The number of carbonyl (C=O) groups excluding carboxylic acids is 1. The molecular weight excluding hydrogens is 248 g/mol. The molecule has 1 aliphatic heterocycles. The molecular formula is C13H16N2O4. The first-order chi connectivity index (χ1) is 9.11. The van der Waals surface area contributed by atoms with E-state index in [0.29, 0.717) is 12.2 Å². The quantitative estimate of drug-likeness (QED) is 0.769. The highest BCUT2D eigenvalue weighted by molar-refractivity contribution is 5.91. The zero-order chi connectivity index (χ0) is 13.8. The van der Waals surface area contributed by atoms with Crippen molar-refractivity contribution in [2.45, 2.75) is 18.9 Å². The number of aromatic carboxylic acids is 1. The largest absolute Gasteiger partial charge is 0.478 e. The minimum atomic E-state index is -1.00. The lowest BCUT2D eigenvalue weighted by Crippen LogP contribution is -2.40. The van der Waals surface area contributed by atoms with Crippen molar-refractivity contribution in [3.05, 3.63) is 29.8 Å². The van der Waals surface area contributed by atoms with Gasteiger partial charge in [-0.05, 0) is 37.1 Å². The number of hydrogen-bond donors (Lipinski definition) is 3. The highest BCUT2D eigenvalue weighted by Crippen LogP contribution is 2.18. The number of carboxylic acid groups (broad SMARTS) is 1. The number of aliphatic hydroxyl groups excluding tert-OH is 1. The Morgan fingerprint density at radius 3 is 2.58 bits per heavy atom. The van der Waals surface area contributed by atoms with E-state index in [1.165, 1.54) is 12.1 Å². The Bertz CT molecular complexity index is 472. The summed E-state index contributed by atoms with van der Waals surface area (Å²) >= 11 is 0. The summed E-state index contributed by atoms with van der Waals surface area (Å²) in [5.74, 6) is -1.00. The summed E-state index contributed by atoms with van der Waals surface area (Å²) in [6.07, 6.45) is 1.69. The third-order valence-corrected chi connectivity index (χ3v) is 3.23. The Labute approximate surface area is 110 Å². The molecule has 0 spiro atoms. The van der Waals surface area contributed by atoms with Crippen molar-refractivity contribution in [1.82, 2.24) is 4.90 Å². The van der Waals surface area contributed by atoms with E-state index in [9.17, 15) is 9.59 Å². The van der Waals surface area contributed by atoms with Gasteiger partial charge in [0.15, 0.2) is 0 Å². The lowest BCUT2D eigenvalue weighted by molar-refractivity contribution is 0.0697. The fourth-order valence-electron chi connectivity index (χ4n) is 2.18. The number of nitrogens with one attached hydrogen (secondary N) is 1. The monoisotopic (exact) mass is 264 g/mol. The minimum absolute atomic E-state index is 0.0363. The third-order valence-electron chi connectivity index (χ3n) is 3.23. The van der Waals surface area contributed by atoms with Gasteiger partial charge in [0.1, 0.15) is 0 Å². The van der Waals surface area contributed by atoms with E-state index < -0.39 is 5.97 Å². The second kappa shape index (κ2) is 5.71. The number of amides is 2. The zero-order valence-corrected chi connectivity index (χ0v) is 10.4. The first-order valence-corrected chi connectivity index (χ1v) is 6.13. The van der Waals surface area contributed by atoms with Crippen LogP contribution in [-0.4, -0.2) is 46.3 Å². The van der Waals surface area contributed by atoms with E-state index in [1.807, 2.05) is 0 Å². The molecule has 0 saturated carbocycles. The van der Waals surface area contributed by atoms with Gasteiger partial charge in [-0.15, -0.1) is 0 Å². The molecule has 1 unspecified atom stereocenters. The van der Waals surface area contributed by atoms with Crippen molar-refractivity contribution in [1.29, 1.82) is 0 Å². The lowest BCUT2D eigenvalue weighted by Gasteiger charge is -2.23. The van der Waals surface area contributed by atoms with Crippen LogP contribution < -0.4 is 5.32 Å². The van der Waals surface area contributed by atoms with Crippen LogP contribution in [0.25, 0.3) is 0 Å². The smallest absolute Gasteiger partial charge is 0.335 e. The topological polar surface area (TPSA) is 89.9 Å². The van der Waals surface area contributed by atoms with E-state index in [2.05, 4.69) is 5.32 Å². The number of anilines is 1. The molecule has 1 aromatic rings. The first kappa shape index (κ1) is 13.4. The van der Waals surface area contributed by atoms with Crippen molar-refractivity contribution in [3.8, 4) is 0 Å². The summed E-state index contributed by atoms with van der Waals surface area (Å²) < 4.78 is 0. The van der Waals surface area contributed by atoms with E-state index in [-0.39, 0.29) is 24.2 Å². The number of carboxylic acids is 1. The van der Waals surface area contributed by atoms with Crippen molar-refractivity contribution in [2.24, 2.45) is 0 Å². The van der Waals surface area contributed by atoms with Crippen LogP contribution in [0, 0.1) is 0 Å². The summed E-state index contributed by atoms with van der Waals surface area (Å²) in [4.78, 5) is 24.3. The van der Waals surface area contributed by atoms with Crippen molar-refractivity contribution in [3.63, 3.8) is 0 Å². The molecule has 1 saturated heterocycles. The molecule has 19 heavy (non-hydrogen) atoms. The molecule has 2 amide bonds. The molecule has 1 atom stereocenters. The summed E-state index contributed by atoms with van der Waals surface area (Å²) in [5.41, 5.74) is 0.714. The Morgan fingerprint density at radius 2 is 2.00 bits per heavy atom. The summed E-state index contributed by atoms with van der Waals surface area (Å²) in [6, 6.07) is 5.58. The number of carbonyl (C=O) groups is 2. The minimum Gasteiger partial charge on any atom is -0.478 e. The van der Waals surface area contributed by atoms with Crippen molar-refractivity contribution >= 4 is 17.7 Å². The number of urea groups is 1. The Morgan fingerprint density at radius 1 is 1.32 bits per heavy atom. The van der Waals surface area contributed by atoms with Gasteiger partial charge in [0, 0.05) is 12.2 Å². The van der Waals surface area contributed by atoms with E-state index in [1.54, 1.807) is 17.0 Å². The molecule has 0 aliphatic carbocycles. The average Bonchev–Trinajstić information content (AvgIpc) is 2.87. The fourth-order valence-corrected chi connectivity index (χ4v) is 2.18. The predicted octanol–water partition coefficient (Wildman–Crippen LogP) is 1.37. The number of likely N-dealkylation sites (tertiary alicyclic amines) is 1. The van der Waals surface area contributed by atoms with Crippen LogP contribution in [0.3, 0.4) is 0 Å². The maximum absolute atomic E-state index is 12.0. The molecule has 0 aromatic heterocycles. The SMILES string of the molecule is O=C(O)c1ccc(NC(=O)N2CCCC2CO)cc1. The molecule has 1 fully saturated rings. The van der Waals surface area contributed by atoms with Crippen molar-refractivity contribution < 1.29 is 19.8 Å². The Kier molecular flexibility index (Phi) is 4.01. The second-order valence-electron chi connectivity index (χ2n) is 4.48. The van der Waals surface area contributed by atoms with Crippen LogP contribution in [0.4, 0.5) is 10.5 Å². The van der Waals surface area contributed by atoms with Crippen molar-refractivity contribution in [2.75, 3.05) is 18.5 Å². The Hall–Kier alpha value is -2.08. The third kappa shape index (κ3) is 3.03. The molecule has 102 valence electrons. The number of nitrogens with zero attached hydrogens (tertiary/aromatic N) is 1. The van der Waals surface area contributed by atoms with E-state index in [4.69, 9.17) is 10.2 Å². The number of rotatable bonds is 3. The molecule has 0 radical (unpaired) electrons. The molecule has 0 bridgehead atoms. The van der Waals surface area contributed by atoms with Gasteiger partial charge in [-0.25, -0.2) is 9.59 Å². The number of hydrogen-bond acceptors (Lipinski definition) is 3. The summed E-state index contributed by atoms with van der Waals surface area (Å²) in [5, 5.41) is 20.6. The standard InChI is InChI=1S/C13H16N2O4/c16-8-11-2-1-7-15(11)13(19)14-10-5-3-9(4-6-10)12(17)18/h3-6,11,16H,1-2,7-8H2,(H,14,19)(H,17,18). The maximum atomic E-state index is 12.0. The zero-order valence-electron chi connectivity index (χ0n) is 10.4. The van der Waals surface area contributed by atoms with Crippen LogP contribution in [0.2, 0.25) is 0 Å². The molecule has 1 aromatic carbocycles. The average molecular weight is 264 g/mol. The van der Waals surface area contributed by atoms with Crippen LogP contribution in [0.15, 0.2) is 24.3 Å². The molecule has 6 nitrogen and oxygen atoms in total. The van der Waals surface area contributed by atoms with Gasteiger partial charge >= 0.3 is 12.0 Å². The van der Waals surface area contributed by atoms with Crippen LogP contribution in [0.1, 0.15) is 23.2 Å². The van der Waals surface area contributed by atoms with E-state index >= 15 is 0 Å². The van der Waals surface area contributed by atoms with E-state index in [0.717, 1.165) is 12.8 Å². The highest BCUT2D eigenvalue weighted by atomic mass is 16.4. The van der Waals surface area contributed by atoms with Gasteiger partial charge in [0.25, 0.3) is 0 Å². The Balaban J connectivity index is 2.00. The van der Waals surface area contributed by atoms with Gasteiger partial charge in [0.05, 0.1) is 18.2 Å². The number of benzene rings is 1. The summed E-state index contributed by atoms with van der Waals surface area (Å²) in [6.45, 7) is 0.593. The summed E-state index contributed by atoms with van der Waals surface area (Å²) in [7, 11) is 0. The van der Waals surface area contributed by atoms with Gasteiger partial charge in [-0.3, -0.25) is 0 Å². The van der Waals surface area contributed by atoms with Crippen LogP contribution >= 0.6 is 0 Å². The van der Waals surface area contributed by atoms with Gasteiger partial charge in [0.2, 0.25) is 0 Å². The van der Waals surface area contributed by atoms with Gasteiger partial charge in [-0.2, -0.15) is 0 Å². The second-order valence-corrected chi connectivity index (χ2v) is 4.48. The van der Waals surface area contributed by atoms with Crippen LogP contribution in [-0.2, 0) is 0 Å². The highest BCUT2D eigenvalue weighted by Gasteiger charge is 2.27. The molecule has 3 N–H and O–H groups in total. The molecule has 1 heterocycles. The van der Waals surface area contributed by atoms with Gasteiger partial charge in [-0.1, -0.05) is 0 Å². The predicted molar refractivity (Wildman–Crippen MR) is 69.2 cm³/mol. The molecule has 1 aliphatic rings. The normalized spacial score (nSPS) is 18.4. The number of aliphatic hydroxyl groups is 1. The van der Waals surface area contributed by atoms with Crippen LogP contribution in [0.5, 0.6) is 0 Å². The lowest BCUT2D eigenvalue weighted by atomic mass is 10.2. The van der Waals surface area contributed by atoms with Gasteiger partial charge < -0.3 is 20.4 Å². The molecule has 6 heteroatoms.